The van der Waals surface area contributed by atoms with Gasteiger partial charge in [-0.1, -0.05) is 12.1 Å². The lowest BCUT2D eigenvalue weighted by molar-refractivity contribution is 0.415. The zero-order valence-electron chi connectivity index (χ0n) is 12.2. The summed E-state index contributed by atoms with van der Waals surface area (Å²) in [6.07, 6.45) is 0.797. The van der Waals surface area contributed by atoms with E-state index in [4.69, 9.17) is 4.74 Å². The van der Waals surface area contributed by atoms with E-state index in [1.165, 1.54) is 10.8 Å². The van der Waals surface area contributed by atoms with E-state index < -0.39 is 0 Å². The number of rotatable bonds is 5. The van der Waals surface area contributed by atoms with Gasteiger partial charge in [0.05, 0.1) is 7.11 Å². The number of nitrogens with zero attached hydrogens (tertiary/aromatic N) is 2. The highest BCUT2D eigenvalue weighted by Gasteiger charge is 2.01. The van der Waals surface area contributed by atoms with Gasteiger partial charge in [-0.3, -0.25) is 5.10 Å². The number of aromatic amines is 1. The number of ether oxygens (including phenoxy) is 1. The molecule has 0 saturated heterocycles. The summed E-state index contributed by atoms with van der Waals surface area (Å²) in [7, 11) is 1.68. The maximum absolute atomic E-state index is 5.24. The largest absolute Gasteiger partial charge is 0.497 e. The number of nitrogens with one attached hydrogen (secondary N) is 2. The zero-order chi connectivity index (χ0) is 14.7. The average molecular weight is 282 g/mol. The van der Waals surface area contributed by atoms with Crippen LogP contribution in [0.1, 0.15) is 11.6 Å². The first kappa shape index (κ1) is 13.4. The van der Waals surface area contributed by atoms with Crippen LogP contribution in [0.15, 0.2) is 36.4 Å². The van der Waals surface area contributed by atoms with Crippen molar-refractivity contribution in [1.29, 1.82) is 0 Å². The third-order valence-electron chi connectivity index (χ3n) is 3.37. The summed E-state index contributed by atoms with van der Waals surface area (Å²) in [5.41, 5.74) is 1.10. The number of benzene rings is 2. The number of H-pyrrole nitrogens is 1. The number of hydrogen-bond donors (Lipinski definition) is 2. The molecule has 2 N–H and O–H groups in total. The first-order valence-electron chi connectivity index (χ1n) is 6.94. The first-order valence-corrected chi connectivity index (χ1v) is 6.94. The normalized spacial score (nSPS) is 10.8. The number of methoxy groups -OCH3 is 1. The second kappa shape index (κ2) is 5.83. The monoisotopic (exact) mass is 282 g/mol. The van der Waals surface area contributed by atoms with Crippen molar-refractivity contribution in [2.45, 2.75) is 13.3 Å². The van der Waals surface area contributed by atoms with Gasteiger partial charge in [0.25, 0.3) is 0 Å². The predicted molar refractivity (Wildman–Crippen MR) is 83.8 cm³/mol. The highest BCUT2D eigenvalue weighted by Crippen LogP contribution is 2.23. The number of hydrogen-bond acceptors (Lipinski definition) is 4. The zero-order valence-corrected chi connectivity index (χ0v) is 12.2. The lowest BCUT2D eigenvalue weighted by Crippen LogP contribution is -2.05. The Balaban J connectivity index is 1.67. The van der Waals surface area contributed by atoms with Gasteiger partial charge in [-0.15, -0.1) is 0 Å². The van der Waals surface area contributed by atoms with E-state index in [9.17, 15) is 0 Å². The van der Waals surface area contributed by atoms with Crippen LogP contribution in [0.3, 0.4) is 0 Å². The third-order valence-corrected chi connectivity index (χ3v) is 3.37. The summed E-state index contributed by atoms with van der Waals surface area (Å²) in [5.74, 6) is 2.57. The molecule has 0 bridgehead atoms. The maximum atomic E-state index is 5.24. The van der Waals surface area contributed by atoms with Crippen LogP contribution >= 0.6 is 0 Å². The van der Waals surface area contributed by atoms with Crippen molar-refractivity contribution < 1.29 is 4.74 Å². The molecule has 0 aliphatic rings. The summed E-state index contributed by atoms with van der Waals surface area (Å²) >= 11 is 0. The molecule has 5 nitrogen and oxygen atoms in total. The van der Waals surface area contributed by atoms with E-state index in [1.807, 2.05) is 19.1 Å². The minimum atomic E-state index is 0.797. The van der Waals surface area contributed by atoms with Crippen molar-refractivity contribution in [3.05, 3.63) is 48.0 Å². The summed E-state index contributed by atoms with van der Waals surface area (Å²) in [6.45, 7) is 2.71. The van der Waals surface area contributed by atoms with Gasteiger partial charge >= 0.3 is 0 Å². The van der Waals surface area contributed by atoms with Crippen molar-refractivity contribution in [3.8, 4) is 5.75 Å². The molecule has 0 amide bonds. The van der Waals surface area contributed by atoms with E-state index in [2.05, 4.69) is 44.8 Å². The molecule has 2 aromatic carbocycles. The molecule has 0 radical (unpaired) electrons. The van der Waals surface area contributed by atoms with E-state index in [1.54, 1.807) is 7.11 Å². The quantitative estimate of drug-likeness (QED) is 0.755. The van der Waals surface area contributed by atoms with Gasteiger partial charge in [0.15, 0.2) is 5.82 Å². The summed E-state index contributed by atoms with van der Waals surface area (Å²) in [4.78, 5) is 4.29. The summed E-state index contributed by atoms with van der Waals surface area (Å²) in [6, 6.07) is 12.4. The van der Waals surface area contributed by atoms with Crippen molar-refractivity contribution >= 4 is 16.5 Å². The molecule has 3 rings (SSSR count). The van der Waals surface area contributed by atoms with Crippen molar-refractivity contribution in [2.75, 3.05) is 19.0 Å². The average Bonchev–Trinajstić information content (AvgIpc) is 2.92. The molecule has 0 unspecified atom stereocenters. The first-order chi connectivity index (χ1) is 10.2. The standard InChI is InChI=1S/C16H18N4O/c1-11-18-16(20-19-11)7-8-17-14-5-3-13-10-15(21-2)6-4-12(13)9-14/h3-6,9-10,17H,7-8H2,1-2H3,(H,18,19,20). The minimum Gasteiger partial charge on any atom is -0.497 e. The van der Waals surface area contributed by atoms with Crippen LogP contribution in [0.25, 0.3) is 10.8 Å². The highest BCUT2D eigenvalue weighted by molar-refractivity contribution is 5.86. The van der Waals surface area contributed by atoms with Crippen LogP contribution in [0.2, 0.25) is 0 Å². The van der Waals surface area contributed by atoms with Gasteiger partial charge in [-0.05, 0) is 42.0 Å². The number of fused-ring (bicyclic) bond motifs is 1. The van der Waals surface area contributed by atoms with Crippen LogP contribution in [0.4, 0.5) is 5.69 Å². The van der Waals surface area contributed by atoms with Crippen molar-refractivity contribution in [1.82, 2.24) is 15.2 Å². The molecule has 5 heteroatoms. The Morgan fingerprint density at radius 1 is 1.14 bits per heavy atom. The highest BCUT2D eigenvalue weighted by atomic mass is 16.5. The molecule has 1 heterocycles. The smallest absolute Gasteiger partial charge is 0.152 e. The van der Waals surface area contributed by atoms with Crippen molar-refractivity contribution in [2.24, 2.45) is 0 Å². The maximum Gasteiger partial charge on any atom is 0.152 e. The van der Waals surface area contributed by atoms with Gasteiger partial charge in [0.1, 0.15) is 11.6 Å². The Bertz CT molecular complexity index is 751. The van der Waals surface area contributed by atoms with Crippen LogP contribution < -0.4 is 10.1 Å². The van der Waals surface area contributed by atoms with Gasteiger partial charge < -0.3 is 10.1 Å². The topological polar surface area (TPSA) is 62.8 Å². The molecule has 0 aliphatic carbocycles. The summed E-state index contributed by atoms with van der Waals surface area (Å²) < 4.78 is 5.24. The SMILES string of the molecule is COc1ccc2cc(NCCc3n[nH]c(C)n3)ccc2c1. The fourth-order valence-corrected chi connectivity index (χ4v) is 2.28. The number of aryl methyl sites for hydroxylation is 1. The number of anilines is 1. The Kier molecular flexibility index (Phi) is 3.73. The van der Waals surface area contributed by atoms with Gasteiger partial charge in [0.2, 0.25) is 0 Å². The Morgan fingerprint density at radius 2 is 1.95 bits per heavy atom. The fraction of sp³-hybridized carbons (Fsp3) is 0.250. The molecule has 108 valence electrons. The fourth-order valence-electron chi connectivity index (χ4n) is 2.28. The van der Waals surface area contributed by atoms with Crippen LogP contribution in [0, 0.1) is 6.92 Å². The lowest BCUT2D eigenvalue weighted by Gasteiger charge is -2.07. The Labute approximate surface area is 123 Å². The Morgan fingerprint density at radius 3 is 2.71 bits per heavy atom. The molecule has 0 spiro atoms. The van der Waals surface area contributed by atoms with Crippen LogP contribution in [-0.4, -0.2) is 28.8 Å². The van der Waals surface area contributed by atoms with Gasteiger partial charge in [-0.2, -0.15) is 5.10 Å². The van der Waals surface area contributed by atoms with Gasteiger partial charge in [-0.25, -0.2) is 4.98 Å². The summed E-state index contributed by atoms with van der Waals surface area (Å²) in [5, 5.41) is 12.7. The van der Waals surface area contributed by atoms with Crippen molar-refractivity contribution in [3.63, 3.8) is 0 Å². The molecule has 0 aliphatic heterocycles. The number of aromatic nitrogens is 3. The molecular formula is C16H18N4O. The third kappa shape index (κ3) is 3.13. The molecular weight excluding hydrogens is 264 g/mol. The van der Waals surface area contributed by atoms with Gasteiger partial charge in [0, 0.05) is 18.7 Å². The minimum absolute atomic E-state index is 0.797. The predicted octanol–water partition coefficient (Wildman–Crippen LogP) is 2.93. The molecule has 1 aromatic heterocycles. The lowest BCUT2D eigenvalue weighted by atomic mass is 10.1. The second-order valence-corrected chi connectivity index (χ2v) is 4.94. The Hall–Kier alpha value is -2.56. The van der Waals surface area contributed by atoms with E-state index in [0.29, 0.717) is 0 Å². The molecule has 0 fully saturated rings. The van der Waals surface area contributed by atoms with Crippen LogP contribution in [-0.2, 0) is 6.42 Å². The molecule has 0 atom stereocenters. The van der Waals surface area contributed by atoms with E-state index >= 15 is 0 Å². The molecule has 21 heavy (non-hydrogen) atoms. The van der Waals surface area contributed by atoms with E-state index in [-0.39, 0.29) is 0 Å². The van der Waals surface area contributed by atoms with E-state index in [0.717, 1.165) is 36.1 Å². The second-order valence-electron chi connectivity index (χ2n) is 4.94. The van der Waals surface area contributed by atoms with Crippen LogP contribution in [0.5, 0.6) is 5.75 Å². The molecule has 3 aromatic rings. The molecule has 0 saturated carbocycles.